The number of sulfone groups is 1. The smallest absolute Gasteiger partial charge is 0.258 e. The molecule has 0 aromatic heterocycles. The SMILES string of the molecule is CC(NC(=O)COc1ccc(Br)cc1)c1ccc(S(C)(=O)=O)cc1. The molecular formula is C17H18BrNO4S. The van der Waals surface area contributed by atoms with Gasteiger partial charge in [-0.15, -0.1) is 0 Å². The van der Waals surface area contributed by atoms with Crippen LogP contribution in [0.1, 0.15) is 18.5 Å². The van der Waals surface area contributed by atoms with Gasteiger partial charge in [-0.25, -0.2) is 8.42 Å². The summed E-state index contributed by atoms with van der Waals surface area (Å²) in [6, 6.07) is 13.4. The van der Waals surface area contributed by atoms with Crippen LogP contribution < -0.4 is 10.1 Å². The van der Waals surface area contributed by atoms with Crippen molar-refractivity contribution in [2.24, 2.45) is 0 Å². The first-order valence-corrected chi connectivity index (χ1v) is 9.92. The Morgan fingerprint density at radius 2 is 1.71 bits per heavy atom. The highest BCUT2D eigenvalue weighted by molar-refractivity contribution is 9.10. The highest BCUT2D eigenvalue weighted by atomic mass is 79.9. The monoisotopic (exact) mass is 411 g/mol. The number of hydrogen-bond donors (Lipinski definition) is 1. The molecule has 5 nitrogen and oxygen atoms in total. The molecule has 0 fully saturated rings. The van der Waals surface area contributed by atoms with Crippen LogP contribution in [0.5, 0.6) is 5.75 Å². The Morgan fingerprint density at radius 3 is 2.25 bits per heavy atom. The second-order valence-corrected chi connectivity index (χ2v) is 8.30. The molecule has 0 heterocycles. The minimum atomic E-state index is -3.22. The molecule has 24 heavy (non-hydrogen) atoms. The van der Waals surface area contributed by atoms with E-state index in [1.807, 2.05) is 19.1 Å². The van der Waals surface area contributed by atoms with Crippen molar-refractivity contribution in [3.8, 4) is 5.75 Å². The summed E-state index contributed by atoms with van der Waals surface area (Å²) in [5.74, 6) is 0.358. The fourth-order valence-corrected chi connectivity index (χ4v) is 2.94. The van der Waals surface area contributed by atoms with Gasteiger partial charge in [0, 0.05) is 10.7 Å². The van der Waals surface area contributed by atoms with Crippen molar-refractivity contribution >= 4 is 31.7 Å². The molecule has 2 aromatic rings. The Bertz CT molecular complexity index is 801. The minimum absolute atomic E-state index is 0.0899. The summed E-state index contributed by atoms with van der Waals surface area (Å²) in [7, 11) is -3.22. The van der Waals surface area contributed by atoms with E-state index < -0.39 is 9.84 Å². The van der Waals surface area contributed by atoms with Gasteiger partial charge in [0.25, 0.3) is 5.91 Å². The Kier molecular flexibility index (Phi) is 6.01. The number of hydrogen-bond acceptors (Lipinski definition) is 4. The van der Waals surface area contributed by atoms with Crippen molar-refractivity contribution in [1.29, 1.82) is 0 Å². The maximum Gasteiger partial charge on any atom is 0.258 e. The Morgan fingerprint density at radius 1 is 1.12 bits per heavy atom. The molecule has 0 aliphatic rings. The average Bonchev–Trinajstić information content (AvgIpc) is 2.53. The van der Waals surface area contributed by atoms with Gasteiger partial charge >= 0.3 is 0 Å². The van der Waals surface area contributed by atoms with Crippen molar-refractivity contribution < 1.29 is 17.9 Å². The quantitative estimate of drug-likeness (QED) is 0.792. The van der Waals surface area contributed by atoms with Crippen molar-refractivity contribution in [3.05, 3.63) is 58.6 Å². The van der Waals surface area contributed by atoms with Crippen LogP contribution in [-0.2, 0) is 14.6 Å². The summed E-state index contributed by atoms with van der Waals surface area (Å²) in [5, 5.41) is 2.81. The molecule has 2 rings (SSSR count). The largest absolute Gasteiger partial charge is 0.484 e. The van der Waals surface area contributed by atoms with E-state index in [1.54, 1.807) is 24.3 Å². The normalized spacial score (nSPS) is 12.5. The van der Waals surface area contributed by atoms with Gasteiger partial charge < -0.3 is 10.1 Å². The number of carbonyl (C=O) groups excluding carboxylic acids is 1. The maximum atomic E-state index is 12.0. The molecule has 1 unspecified atom stereocenters. The Balaban J connectivity index is 1.90. The zero-order valence-electron chi connectivity index (χ0n) is 13.3. The molecule has 0 saturated heterocycles. The van der Waals surface area contributed by atoms with E-state index in [9.17, 15) is 13.2 Å². The van der Waals surface area contributed by atoms with Gasteiger partial charge in [-0.1, -0.05) is 28.1 Å². The van der Waals surface area contributed by atoms with E-state index in [1.165, 1.54) is 12.1 Å². The van der Waals surface area contributed by atoms with Crippen molar-refractivity contribution in [1.82, 2.24) is 5.32 Å². The third kappa shape index (κ3) is 5.35. The molecule has 0 spiro atoms. The van der Waals surface area contributed by atoms with Crippen LogP contribution in [0.25, 0.3) is 0 Å². The fraction of sp³-hybridized carbons (Fsp3) is 0.235. The van der Waals surface area contributed by atoms with Crippen LogP contribution in [0.3, 0.4) is 0 Å². The van der Waals surface area contributed by atoms with Crippen LogP contribution in [0.15, 0.2) is 57.9 Å². The zero-order chi connectivity index (χ0) is 17.7. The number of nitrogens with one attached hydrogen (secondary N) is 1. The zero-order valence-corrected chi connectivity index (χ0v) is 15.7. The Hall–Kier alpha value is -1.86. The second-order valence-electron chi connectivity index (χ2n) is 5.37. The third-order valence-electron chi connectivity index (χ3n) is 3.37. The number of amides is 1. The molecule has 1 atom stereocenters. The highest BCUT2D eigenvalue weighted by Gasteiger charge is 2.12. The predicted molar refractivity (Wildman–Crippen MR) is 95.7 cm³/mol. The van der Waals surface area contributed by atoms with Crippen LogP contribution in [-0.4, -0.2) is 27.2 Å². The van der Waals surface area contributed by atoms with Crippen LogP contribution in [0.4, 0.5) is 0 Å². The van der Waals surface area contributed by atoms with E-state index in [0.717, 1.165) is 16.3 Å². The lowest BCUT2D eigenvalue weighted by molar-refractivity contribution is -0.123. The fourth-order valence-electron chi connectivity index (χ4n) is 2.05. The van der Waals surface area contributed by atoms with E-state index in [4.69, 9.17) is 4.74 Å². The van der Waals surface area contributed by atoms with Crippen LogP contribution in [0.2, 0.25) is 0 Å². The van der Waals surface area contributed by atoms with Gasteiger partial charge in [-0.2, -0.15) is 0 Å². The van der Waals surface area contributed by atoms with Gasteiger partial charge in [0.05, 0.1) is 10.9 Å². The number of halogens is 1. The van der Waals surface area contributed by atoms with Gasteiger partial charge in [0.1, 0.15) is 5.75 Å². The maximum absolute atomic E-state index is 12.0. The first kappa shape index (κ1) is 18.5. The molecule has 0 radical (unpaired) electrons. The second kappa shape index (κ2) is 7.81. The van der Waals surface area contributed by atoms with Crippen LogP contribution in [0, 0.1) is 0 Å². The molecule has 1 amide bonds. The third-order valence-corrected chi connectivity index (χ3v) is 5.03. The summed E-state index contributed by atoms with van der Waals surface area (Å²) in [6.45, 7) is 1.74. The molecule has 0 bridgehead atoms. The highest BCUT2D eigenvalue weighted by Crippen LogP contribution is 2.17. The molecular weight excluding hydrogens is 394 g/mol. The number of benzene rings is 2. The average molecular weight is 412 g/mol. The van der Waals surface area contributed by atoms with Gasteiger partial charge in [0.2, 0.25) is 0 Å². The lowest BCUT2D eigenvalue weighted by atomic mass is 10.1. The molecule has 0 saturated carbocycles. The van der Waals surface area contributed by atoms with E-state index in [2.05, 4.69) is 21.2 Å². The van der Waals surface area contributed by atoms with Crippen molar-refractivity contribution in [3.63, 3.8) is 0 Å². The Labute approximate surface area is 150 Å². The van der Waals surface area contributed by atoms with Gasteiger partial charge in [-0.3, -0.25) is 4.79 Å². The standard InChI is InChI=1S/C17H18BrNO4S/c1-12(13-3-9-16(10-4-13)24(2,21)22)19-17(20)11-23-15-7-5-14(18)6-8-15/h3-10,12H,11H2,1-2H3,(H,19,20). The van der Waals surface area contributed by atoms with E-state index in [0.29, 0.717) is 5.75 Å². The van der Waals surface area contributed by atoms with E-state index >= 15 is 0 Å². The summed E-state index contributed by atoms with van der Waals surface area (Å²) < 4.78 is 29.2. The lowest BCUT2D eigenvalue weighted by Crippen LogP contribution is -2.31. The van der Waals surface area contributed by atoms with Crippen LogP contribution >= 0.6 is 15.9 Å². The number of rotatable bonds is 6. The predicted octanol–water partition coefficient (Wildman–Crippen LogP) is 3.11. The van der Waals surface area contributed by atoms with Crippen molar-refractivity contribution in [2.45, 2.75) is 17.9 Å². The summed E-state index contributed by atoms with van der Waals surface area (Å²) >= 11 is 3.33. The molecule has 7 heteroatoms. The van der Waals surface area contributed by atoms with Gasteiger partial charge in [-0.05, 0) is 48.9 Å². The topological polar surface area (TPSA) is 72.5 Å². The van der Waals surface area contributed by atoms with E-state index in [-0.39, 0.29) is 23.5 Å². The summed E-state index contributed by atoms with van der Waals surface area (Å²) in [5.41, 5.74) is 0.819. The number of carbonyl (C=O) groups is 1. The molecule has 2 aromatic carbocycles. The van der Waals surface area contributed by atoms with Crippen molar-refractivity contribution in [2.75, 3.05) is 12.9 Å². The number of ether oxygens (including phenoxy) is 1. The molecule has 0 aliphatic carbocycles. The first-order valence-electron chi connectivity index (χ1n) is 7.23. The lowest BCUT2D eigenvalue weighted by Gasteiger charge is -2.15. The molecule has 0 aliphatic heterocycles. The summed E-state index contributed by atoms with van der Waals surface area (Å²) in [6.07, 6.45) is 1.16. The first-order chi connectivity index (χ1) is 11.3. The van der Waals surface area contributed by atoms with Gasteiger partial charge in [0.15, 0.2) is 16.4 Å². The molecule has 1 N–H and O–H groups in total. The minimum Gasteiger partial charge on any atom is -0.484 e. The molecule has 128 valence electrons. The summed E-state index contributed by atoms with van der Waals surface area (Å²) in [4.78, 5) is 12.2.